The van der Waals surface area contributed by atoms with Crippen LogP contribution in [0.4, 0.5) is 0 Å². The summed E-state index contributed by atoms with van der Waals surface area (Å²) in [5.74, 6) is 1.08. The highest BCUT2D eigenvalue weighted by atomic mass is 16.5. The van der Waals surface area contributed by atoms with Gasteiger partial charge in [0.1, 0.15) is 0 Å². The molecule has 0 aliphatic carbocycles. The molecule has 2 aromatic rings. The molecule has 2 aromatic carbocycles. The van der Waals surface area contributed by atoms with E-state index in [4.69, 9.17) is 9.47 Å². The smallest absolute Gasteiger partial charge is 0.261 e. The van der Waals surface area contributed by atoms with Crippen molar-refractivity contribution in [1.82, 2.24) is 5.32 Å². The first-order chi connectivity index (χ1) is 11.2. The summed E-state index contributed by atoms with van der Waals surface area (Å²) >= 11 is 0. The molecular weight excluding hydrogens is 290 g/mol. The summed E-state index contributed by atoms with van der Waals surface area (Å²) in [6, 6.07) is 15.3. The Kier molecular flexibility index (Phi) is 6.03. The minimum atomic E-state index is -0.546. The molecule has 1 atom stereocenters. The summed E-state index contributed by atoms with van der Waals surface area (Å²) < 4.78 is 11.1. The van der Waals surface area contributed by atoms with Crippen molar-refractivity contribution in [3.8, 4) is 11.5 Å². The van der Waals surface area contributed by atoms with Crippen LogP contribution < -0.4 is 14.8 Å². The number of para-hydroxylation sites is 2. The van der Waals surface area contributed by atoms with E-state index in [0.717, 1.165) is 11.1 Å². The van der Waals surface area contributed by atoms with Gasteiger partial charge in [-0.3, -0.25) is 4.79 Å². The fourth-order valence-corrected chi connectivity index (χ4v) is 2.30. The summed E-state index contributed by atoms with van der Waals surface area (Å²) in [5.41, 5.74) is 2.26. The number of amides is 1. The van der Waals surface area contributed by atoms with Crippen molar-refractivity contribution in [3.05, 3.63) is 59.7 Å². The lowest BCUT2D eigenvalue weighted by Crippen LogP contribution is -2.37. The molecular formula is C19H23NO3. The average molecular weight is 313 g/mol. The predicted octanol–water partition coefficient (Wildman–Crippen LogP) is 3.48. The van der Waals surface area contributed by atoms with Crippen LogP contribution in [0.5, 0.6) is 11.5 Å². The van der Waals surface area contributed by atoms with Gasteiger partial charge in [0.2, 0.25) is 0 Å². The van der Waals surface area contributed by atoms with Crippen molar-refractivity contribution in [2.75, 3.05) is 7.11 Å². The molecule has 0 aromatic heterocycles. The number of methoxy groups -OCH3 is 1. The maximum Gasteiger partial charge on any atom is 0.261 e. The number of ether oxygens (including phenoxy) is 2. The summed E-state index contributed by atoms with van der Waals surface area (Å²) in [7, 11) is 1.58. The lowest BCUT2D eigenvalue weighted by Gasteiger charge is -2.19. The fourth-order valence-electron chi connectivity index (χ4n) is 2.30. The maximum absolute atomic E-state index is 12.4. The van der Waals surface area contributed by atoms with E-state index in [2.05, 4.69) is 5.32 Å². The molecule has 0 saturated heterocycles. The quantitative estimate of drug-likeness (QED) is 0.851. The van der Waals surface area contributed by atoms with Crippen LogP contribution in [0, 0.1) is 6.92 Å². The minimum absolute atomic E-state index is 0.123. The van der Waals surface area contributed by atoms with Crippen LogP contribution in [-0.2, 0) is 11.3 Å². The standard InChI is InChI=1S/C19H23NO3/c1-4-16(23-18-12-8-7-11-17(18)22-3)19(21)20-13-15-10-6-5-9-14(15)2/h5-12,16H,4,13H2,1-3H3,(H,20,21)/t16-/m1/s1. The van der Waals surface area contributed by atoms with Gasteiger partial charge in [-0.25, -0.2) is 0 Å². The van der Waals surface area contributed by atoms with Gasteiger partial charge in [0.15, 0.2) is 17.6 Å². The van der Waals surface area contributed by atoms with Gasteiger partial charge < -0.3 is 14.8 Å². The van der Waals surface area contributed by atoms with Gasteiger partial charge in [0.05, 0.1) is 7.11 Å². The molecule has 0 heterocycles. The number of hydrogen-bond acceptors (Lipinski definition) is 3. The van der Waals surface area contributed by atoms with Crippen molar-refractivity contribution < 1.29 is 14.3 Å². The first kappa shape index (κ1) is 16.9. The highest BCUT2D eigenvalue weighted by Gasteiger charge is 2.19. The summed E-state index contributed by atoms with van der Waals surface area (Å²) in [4.78, 5) is 12.4. The summed E-state index contributed by atoms with van der Waals surface area (Å²) in [6.45, 7) is 4.45. The number of aryl methyl sites for hydroxylation is 1. The molecule has 2 rings (SSSR count). The van der Waals surface area contributed by atoms with E-state index in [0.29, 0.717) is 24.5 Å². The number of rotatable bonds is 7. The molecule has 0 radical (unpaired) electrons. The summed E-state index contributed by atoms with van der Waals surface area (Å²) in [5, 5.41) is 2.94. The Hall–Kier alpha value is -2.49. The van der Waals surface area contributed by atoms with Crippen molar-refractivity contribution in [2.24, 2.45) is 0 Å². The molecule has 0 bridgehead atoms. The second kappa shape index (κ2) is 8.22. The monoisotopic (exact) mass is 313 g/mol. The molecule has 23 heavy (non-hydrogen) atoms. The largest absolute Gasteiger partial charge is 0.493 e. The molecule has 0 fully saturated rings. The predicted molar refractivity (Wildman–Crippen MR) is 90.7 cm³/mol. The van der Waals surface area contributed by atoms with Crippen LogP contribution in [0.15, 0.2) is 48.5 Å². The normalized spacial score (nSPS) is 11.6. The lowest BCUT2D eigenvalue weighted by molar-refractivity contribution is -0.128. The minimum Gasteiger partial charge on any atom is -0.493 e. The molecule has 1 amide bonds. The van der Waals surface area contributed by atoms with Crippen LogP contribution in [-0.4, -0.2) is 19.1 Å². The van der Waals surface area contributed by atoms with Gasteiger partial charge in [-0.15, -0.1) is 0 Å². The molecule has 0 spiro atoms. The van der Waals surface area contributed by atoms with Crippen LogP contribution in [0.2, 0.25) is 0 Å². The molecule has 0 saturated carbocycles. The third kappa shape index (κ3) is 4.49. The molecule has 4 nitrogen and oxygen atoms in total. The first-order valence-corrected chi connectivity index (χ1v) is 7.77. The van der Waals surface area contributed by atoms with Gasteiger partial charge in [-0.1, -0.05) is 43.3 Å². The van der Waals surface area contributed by atoms with Gasteiger partial charge >= 0.3 is 0 Å². The number of carbonyl (C=O) groups excluding carboxylic acids is 1. The lowest BCUT2D eigenvalue weighted by atomic mass is 10.1. The fraction of sp³-hybridized carbons (Fsp3) is 0.316. The number of nitrogens with one attached hydrogen (secondary N) is 1. The third-order valence-corrected chi connectivity index (χ3v) is 3.72. The van der Waals surface area contributed by atoms with Crippen LogP contribution in [0.3, 0.4) is 0 Å². The number of hydrogen-bond donors (Lipinski definition) is 1. The molecule has 4 heteroatoms. The Bertz CT molecular complexity index is 655. The van der Waals surface area contributed by atoms with E-state index >= 15 is 0 Å². The zero-order chi connectivity index (χ0) is 16.7. The summed E-state index contributed by atoms with van der Waals surface area (Å²) in [6.07, 6.45) is 0.0350. The van der Waals surface area contributed by atoms with Crippen LogP contribution in [0.1, 0.15) is 24.5 Å². The van der Waals surface area contributed by atoms with Gasteiger partial charge in [0, 0.05) is 6.54 Å². The zero-order valence-corrected chi connectivity index (χ0v) is 13.8. The zero-order valence-electron chi connectivity index (χ0n) is 13.8. The van der Waals surface area contributed by atoms with Gasteiger partial charge in [0.25, 0.3) is 5.91 Å². The Morgan fingerprint density at radius 2 is 1.74 bits per heavy atom. The average Bonchev–Trinajstić information content (AvgIpc) is 2.59. The number of carbonyl (C=O) groups is 1. The highest BCUT2D eigenvalue weighted by Crippen LogP contribution is 2.27. The SMILES string of the molecule is CC[C@@H](Oc1ccccc1OC)C(=O)NCc1ccccc1C. The van der Waals surface area contributed by atoms with E-state index in [9.17, 15) is 4.79 Å². The molecule has 0 aliphatic heterocycles. The Balaban J connectivity index is 2.00. The Morgan fingerprint density at radius 1 is 1.09 bits per heavy atom. The third-order valence-electron chi connectivity index (χ3n) is 3.72. The van der Waals surface area contributed by atoms with Crippen molar-refractivity contribution >= 4 is 5.91 Å². The second-order valence-corrected chi connectivity index (χ2v) is 5.31. The van der Waals surface area contributed by atoms with E-state index < -0.39 is 6.10 Å². The highest BCUT2D eigenvalue weighted by molar-refractivity contribution is 5.81. The Labute approximate surface area is 137 Å². The maximum atomic E-state index is 12.4. The topological polar surface area (TPSA) is 47.6 Å². The van der Waals surface area contributed by atoms with E-state index in [1.54, 1.807) is 13.2 Å². The van der Waals surface area contributed by atoms with E-state index in [1.165, 1.54) is 0 Å². The first-order valence-electron chi connectivity index (χ1n) is 7.77. The molecule has 0 aliphatic rings. The van der Waals surface area contributed by atoms with Gasteiger partial charge in [-0.05, 0) is 36.6 Å². The van der Waals surface area contributed by atoms with Crippen molar-refractivity contribution in [3.63, 3.8) is 0 Å². The second-order valence-electron chi connectivity index (χ2n) is 5.31. The molecule has 0 unspecified atom stereocenters. The molecule has 122 valence electrons. The van der Waals surface area contributed by atoms with Crippen LogP contribution in [0.25, 0.3) is 0 Å². The van der Waals surface area contributed by atoms with Crippen molar-refractivity contribution in [1.29, 1.82) is 0 Å². The van der Waals surface area contributed by atoms with Crippen LogP contribution >= 0.6 is 0 Å². The number of benzene rings is 2. The van der Waals surface area contributed by atoms with E-state index in [-0.39, 0.29) is 5.91 Å². The van der Waals surface area contributed by atoms with E-state index in [1.807, 2.05) is 56.3 Å². The molecule has 1 N–H and O–H groups in total. The van der Waals surface area contributed by atoms with Gasteiger partial charge in [-0.2, -0.15) is 0 Å². The van der Waals surface area contributed by atoms with Crippen molar-refractivity contribution in [2.45, 2.75) is 32.9 Å². The Morgan fingerprint density at radius 3 is 2.39 bits per heavy atom.